The van der Waals surface area contributed by atoms with Gasteiger partial charge >= 0.3 is 12.2 Å². The van der Waals surface area contributed by atoms with Crippen molar-refractivity contribution in [2.24, 2.45) is 0 Å². The van der Waals surface area contributed by atoms with Crippen LogP contribution < -0.4 is 4.90 Å². The van der Waals surface area contributed by atoms with Gasteiger partial charge in [0.15, 0.2) is 0 Å². The third kappa shape index (κ3) is 4.11. The molecule has 1 aliphatic rings. The summed E-state index contributed by atoms with van der Waals surface area (Å²) < 4.78 is 38.6. The quantitative estimate of drug-likeness (QED) is 0.815. The molecule has 25 heavy (non-hydrogen) atoms. The summed E-state index contributed by atoms with van der Waals surface area (Å²) in [4.78, 5) is 19.4. The number of benzene rings is 2. The Morgan fingerprint density at radius 2 is 1.76 bits per heavy atom. The average molecular weight is 350 g/mol. The molecule has 1 saturated heterocycles. The molecule has 0 atom stereocenters. The number of hydrogen-bond donors (Lipinski definition) is 0. The smallest absolute Gasteiger partial charge is 0.292 e. The maximum absolute atomic E-state index is 12.9. The predicted molar refractivity (Wildman–Crippen MR) is 86.7 cm³/mol. The van der Waals surface area contributed by atoms with Gasteiger partial charge in [-0.05, 0) is 30.2 Å². The summed E-state index contributed by atoms with van der Waals surface area (Å²) in [7, 11) is 0. The second-order valence-corrected chi connectivity index (χ2v) is 5.70. The van der Waals surface area contributed by atoms with E-state index >= 15 is 0 Å². The average Bonchev–Trinajstić information content (AvgIpc) is 2.61. The van der Waals surface area contributed by atoms with Crippen molar-refractivity contribution in [2.75, 3.05) is 18.0 Å². The van der Waals surface area contributed by atoms with Crippen molar-refractivity contribution in [2.45, 2.75) is 19.2 Å². The van der Waals surface area contributed by atoms with E-state index in [1.54, 1.807) is 0 Å². The zero-order valence-electron chi connectivity index (χ0n) is 13.4. The van der Waals surface area contributed by atoms with Crippen molar-refractivity contribution in [1.82, 2.24) is 5.06 Å². The minimum atomic E-state index is -4.45. The highest BCUT2D eigenvalue weighted by Crippen LogP contribution is 2.32. The van der Waals surface area contributed by atoms with Crippen LogP contribution in [-0.2, 0) is 17.6 Å². The SMILES string of the molecule is O=C1N(OCc2ccccc2)CCCN1c1cccc(C(F)(F)F)c1. The number of alkyl halides is 3. The maximum atomic E-state index is 12.9. The van der Waals surface area contributed by atoms with E-state index in [1.165, 1.54) is 22.1 Å². The Morgan fingerprint density at radius 1 is 1.00 bits per heavy atom. The predicted octanol–water partition coefficient (Wildman–Crippen LogP) is 4.47. The summed E-state index contributed by atoms with van der Waals surface area (Å²) in [5.41, 5.74) is 0.347. The van der Waals surface area contributed by atoms with Crippen LogP contribution in [-0.4, -0.2) is 24.2 Å². The molecule has 0 bridgehead atoms. The van der Waals surface area contributed by atoms with Gasteiger partial charge in [0.2, 0.25) is 0 Å². The fraction of sp³-hybridized carbons (Fsp3) is 0.278. The van der Waals surface area contributed by atoms with Crippen LogP contribution in [0.25, 0.3) is 0 Å². The first-order valence-corrected chi connectivity index (χ1v) is 7.88. The van der Waals surface area contributed by atoms with Crippen molar-refractivity contribution in [1.29, 1.82) is 0 Å². The van der Waals surface area contributed by atoms with Gasteiger partial charge in [-0.15, -0.1) is 0 Å². The first-order chi connectivity index (χ1) is 11.9. The Labute approximate surface area is 143 Å². The van der Waals surface area contributed by atoms with Gasteiger partial charge < -0.3 is 0 Å². The number of carbonyl (C=O) groups is 1. The highest BCUT2D eigenvalue weighted by atomic mass is 19.4. The Hall–Kier alpha value is -2.54. The molecule has 1 heterocycles. The van der Waals surface area contributed by atoms with Crippen molar-refractivity contribution in [3.8, 4) is 0 Å². The van der Waals surface area contributed by atoms with E-state index in [1.807, 2.05) is 30.3 Å². The number of nitrogens with zero attached hydrogens (tertiary/aromatic N) is 2. The summed E-state index contributed by atoms with van der Waals surface area (Å²) in [5.74, 6) is 0. The topological polar surface area (TPSA) is 32.8 Å². The molecule has 132 valence electrons. The van der Waals surface area contributed by atoms with Crippen LogP contribution >= 0.6 is 0 Å². The van der Waals surface area contributed by atoms with Gasteiger partial charge in [0.1, 0.15) is 6.61 Å². The van der Waals surface area contributed by atoms with Crippen LogP contribution in [0.1, 0.15) is 17.5 Å². The third-order valence-corrected chi connectivity index (χ3v) is 3.90. The largest absolute Gasteiger partial charge is 0.416 e. The van der Waals surface area contributed by atoms with Crippen LogP contribution in [0, 0.1) is 0 Å². The van der Waals surface area contributed by atoms with Crippen LogP contribution in [0.4, 0.5) is 23.7 Å². The molecule has 1 fully saturated rings. The molecule has 1 aliphatic heterocycles. The zero-order valence-corrected chi connectivity index (χ0v) is 13.4. The van der Waals surface area contributed by atoms with E-state index in [0.29, 0.717) is 19.5 Å². The van der Waals surface area contributed by atoms with E-state index in [9.17, 15) is 18.0 Å². The zero-order chi connectivity index (χ0) is 17.9. The summed E-state index contributed by atoms with van der Waals surface area (Å²) in [6.07, 6.45) is -3.84. The number of amides is 2. The van der Waals surface area contributed by atoms with Gasteiger partial charge in [-0.1, -0.05) is 36.4 Å². The summed E-state index contributed by atoms with van der Waals surface area (Å²) in [6, 6.07) is 13.7. The van der Waals surface area contributed by atoms with E-state index in [-0.39, 0.29) is 12.3 Å². The number of hydrogen-bond acceptors (Lipinski definition) is 2. The first kappa shape index (κ1) is 17.3. The van der Waals surface area contributed by atoms with E-state index in [2.05, 4.69) is 0 Å². The second kappa shape index (κ2) is 7.14. The number of rotatable bonds is 4. The van der Waals surface area contributed by atoms with Crippen molar-refractivity contribution in [3.63, 3.8) is 0 Å². The van der Waals surface area contributed by atoms with Gasteiger partial charge in [-0.3, -0.25) is 9.74 Å². The fourth-order valence-electron chi connectivity index (χ4n) is 2.63. The van der Waals surface area contributed by atoms with Crippen LogP contribution in [0.3, 0.4) is 0 Å². The number of hydroxylamine groups is 2. The highest BCUT2D eigenvalue weighted by molar-refractivity contribution is 5.92. The van der Waals surface area contributed by atoms with Gasteiger partial charge in [-0.25, -0.2) is 9.86 Å². The molecule has 0 radical (unpaired) electrons. The van der Waals surface area contributed by atoms with Crippen LogP contribution in [0.5, 0.6) is 0 Å². The molecule has 0 aromatic heterocycles. The molecule has 0 N–H and O–H groups in total. The van der Waals surface area contributed by atoms with E-state index in [0.717, 1.165) is 17.7 Å². The third-order valence-electron chi connectivity index (χ3n) is 3.90. The molecule has 2 aromatic rings. The number of halogens is 3. The standard InChI is InChI=1S/C18H17F3N2O2/c19-18(20,21)15-8-4-9-16(12-15)22-10-5-11-23(17(22)24)25-13-14-6-2-1-3-7-14/h1-4,6-9,12H,5,10-11,13H2. The molecule has 2 aromatic carbocycles. The Balaban J connectivity index is 1.72. The summed E-state index contributed by atoms with van der Waals surface area (Å²) in [6.45, 7) is 0.982. The first-order valence-electron chi connectivity index (χ1n) is 7.88. The minimum absolute atomic E-state index is 0.216. The Morgan fingerprint density at radius 3 is 2.48 bits per heavy atom. The molecule has 0 unspecified atom stereocenters. The highest BCUT2D eigenvalue weighted by Gasteiger charge is 2.33. The lowest BCUT2D eigenvalue weighted by molar-refractivity contribution is -0.137. The molecule has 4 nitrogen and oxygen atoms in total. The van der Waals surface area contributed by atoms with Gasteiger partial charge in [-0.2, -0.15) is 13.2 Å². The molecule has 0 aliphatic carbocycles. The van der Waals surface area contributed by atoms with Crippen molar-refractivity contribution < 1.29 is 22.8 Å². The van der Waals surface area contributed by atoms with E-state index < -0.39 is 17.8 Å². The maximum Gasteiger partial charge on any atom is 0.416 e. The molecular weight excluding hydrogens is 333 g/mol. The molecule has 0 saturated carbocycles. The monoisotopic (exact) mass is 350 g/mol. The Bertz CT molecular complexity index is 735. The second-order valence-electron chi connectivity index (χ2n) is 5.70. The molecule has 7 heteroatoms. The summed E-state index contributed by atoms with van der Waals surface area (Å²) >= 11 is 0. The Kier molecular flexibility index (Phi) is 4.94. The number of urea groups is 1. The summed E-state index contributed by atoms with van der Waals surface area (Å²) in [5, 5.41) is 1.21. The van der Waals surface area contributed by atoms with Crippen molar-refractivity contribution >= 4 is 11.7 Å². The minimum Gasteiger partial charge on any atom is -0.292 e. The molecule has 0 spiro atoms. The number of anilines is 1. The lowest BCUT2D eigenvalue weighted by Gasteiger charge is -2.34. The van der Waals surface area contributed by atoms with Gasteiger partial charge in [0.25, 0.3) is 0 Å². The van der Waals surface area contributed by atoms with Crippen molar-refractivity contribution in [3.05, 3.63) is 65.7 Å². The fourth-order valence-corrected chi connectivity index (χ4v) is 2.63. The number of carbonyl (C=O) groups excluding carboxylic acids is 1. The molecule has 2 amide bonds. The van der Waals surface area contributed by atoms with Crippen LogP contribution in [0.15, 0.2) is 54.6 Å². The van der Waals surface area contributed by atoms with E-state index in [4.69, 9.17) is 4.84 Å². The lowest BCUT2D eigenvalue weighted by atomic mass is 10.1. The molecular formula is C18H17F3N2O2. The molecule has 3 rings (SSSR count). The van der Waals surface area contributed by atoms with Crippen LogP contribution in [0.2, 0.25) is 0 Å². The lowest BCUT2D eigenvalue weighted by Crippen LogP contribution is -2.49. The normalized spacial score (nSPS) is 15.6. The van der Waals surface area contributed by atoms with Gasteiger partial charge in [0.05, 0.1) is 12.1 Å². The van der Waals surface area contributed by atoms with Gasteiger partial charge in [0, 0.05) is 12.2 Å².